The van der Waals surface area contributed by atoms with Crippen LogP contribution in [0.5, 0.6) is 0 Å². The van der Waals surface area contributed by atoms with Crippen molar-refractivity contribution in [2.45, 2.75) is 30.5 Å². The lowest BCUT2D eigenvalue weighted by molar-refractivity contribution is -0.293. The Morgan fingerprint density at radius 1 is 1.42 bits per heavy atom. The van der Waals surface area contributed by atoms with Gasteiger partial charge in [-0.15, -0.1) is 0 Å². The summed E-state index contributed by atoms with van der Waals surface area (Å²) in [5.74, 6) is -3.64. The third kappa shape index (κ3) is 3.08. The molecule has 1 saturated heterocycles. The Morgan fingerprint density at radius 3 is 2.73 bits per heavy atom. The van der Waals surface area contributed by atoms with E-state index in [9.17, 15) is 25.2 Å². The van der Waals surface area contributed by atoms with Crippen molar-refractivity contribution in [1.29, 1.82) is 0 Å². The van der Waals surface area contributed by atoms with Crippen molar-refractivity contribution < 1.29 is 30.0 Å². The van der Waals surface area contributed by atoms with Gasteiger partial charge in [0.2, 0.25) is 5.82 Å². The molecule has 3 rings (SSSR count). The van der Waals surface area contributed by atoms with E-state index in [0.717, 1.165) is 4.57 Å². The molecule has 26 heavy (non-hydrogen) atoms. The van der Waals surface area contributed by atoms with Gasteiger partial charge in [-0.25, -0.2) is 4.98 Å². The lowest BCUT2D eigenvalue weighted by Gasteiger charge is -2.28. The van der Waals surface area contributed by atoms with Crippen molar-refractivity contribution in [2.75, 3.05) is 5.32 Å². The van der Waals surface area contributed by atoms with Gasteiger partial charge in [0, 0.05) is 12.4 Å². The minimum Gasteiger partial charge on any atom is -0.387 e. The zero-order valence-electron chi connectivity index (χ0n) is 13.2. The molecule has 0 saturated carbocycles. The van der Waals surface area contributed by atoms with Gasteiger partial charge in [0.05, 0.1) is 10.7 Å². The van der Waals surface area contributed by atoms with Gasteiger partial charge in [-0.05, 0) is 12.1 Å². The van der Waals surface area contributed by atoms with Crippen molar-refractivity contribution in [3.05, 3.63) is 47.5 Å². The van der Waals surface area contributed by atoms with Crippen LogP contribution in [0, 0.1) is 0 Å². The number of carbonyl (C=O) groups is 1. The largest absolute Gasteiger partial charge is 0.387 e. The first-order valence-electron chi connectivity index (χ1n) is 7.55. The van der Waals surface area contributed by atoms with Gasteiger partial charge in [0.1, 0.15) is 18.4 Å². The summed E-state index contributed by atoms with van der Waals surface area (Å²) < 4.78 is 5.97. The van der Waals surface area contributed by atoms with Crippen LogP contribution in [0.3, 0.4) is 0 Å². The van der Waals surface area contributed by atoms with E-state index in [1.54, 1.807) is 24.3 Å². The number of halogens is 1. The average Bonchev–Trinajstić information content (AvgIpc) is 3.17. The van der Waals surface area contributed by atoms with E-state index < -0.39 is 36.4 Å². The smallest absolute Gasteiger partial charge is 0.291 e. The number of anilines is 1. The molecule has 5 atom stereocenters. The molecular weight excluding hydrogens is 368 g/mol. The average molecular weight is 385 g/mol. The molecule has 2 aromatic rings. The maximum atomic E-state index is 12.5. The van der Waals surface area contributed by atoms with Gasteiger partial charge in [0.25, 0.3) is 11.8 Å². The van der Waals surface area contributed by atoms with Crippen molar-refractivity contribution in [3.8, 4) is 0 Å². The molecule has 1 aromatic carbocycles. The Balaban J connectivity index is 1.91. The fourth-order valence-electron chi connectivity index (χ4n) is 2.68. The second-order valence-electron chi connectivity index (χ2n) is 5.72. The standard InChI is InChI=1S/C15H17ClN4O6/c16-7-3-1-2-4-8(7)19-14(24)13-18-5-6-20(13)15(25)11(22)9(21)10(26-15)12(17)23/h1-6,9-12,21-23,25H,17H2,(H,19,24)/t9-,10+,11-,12?,15-/m1/s1. The number of hydrogen-bond donors (Lipinski definition) is 6. The highest BCUT2D eigenvalue weighted by molar-refractivity contribution is 6.33. The molecule has 0 radical (unpaired) electrons. The number of amides is 1. The number of nitrogens with one attached hydrogen (secondary N) is 1. The first-order chi connectivity index (χ1) is 12.3. The Kier molecular flexibility index (Phi) is 4.99. The fourth-order valence-corrected chi connectivity index (χ4v) is 2.87. The number of aliphatic hydroxyl groups is 4. The van der Waals surface area contributed by atoms with Crippen molar-refractivity contribution in [3.63, 3.8) is 0 Å². The lowest BCUT2D eigenvalue weighted by atomic mass is 10.1. The monoisotopic (exact) mass is 384 g/mol. The summed E-state index contributed by atoms with van der Waals surface area (Å²) in [5.41, 5.74) is 5.58. The van der Waals surface area contributed by atoms with Crippen LogP contribution < -0.4 is 11.1 Å². The molecule has 140 valence electrons. The highest BCUT2D eigenvalue weighted by atomic mass is 35.5. The van der Waals surface area contributed by atoms with Crippen LogP contribution in [0.2, 0.25) is 5.02 Å². The predicted molar refractivity (Wildman–Crippen MR) is 88.9 cm³/mol. The number of benzene rings is 1. The number of hydrogen-bond acceptors (Lipinski definition) is 8. The molecule has 2 heterocycles. The maximum Gasteiger partial charge on any atom is 0.291 e. The van der Waals surface area contributed by atoms with E-state index in [4.69, 9.17) is 22.1 Å². The normalized spacial score (nSPS) is 29.5. The highest BCUT2D eigenvalue weighted by Crippen LogP contribution is 2.35. The van der Waals surface area contributed by atoms with E-state index >= 15 is 0 Å². The number of aromatic nitrogens is 2. The maximum absolute atomic E-state index is 12.5. The number of ether oxygens (including phenoxy) is 1. The fraction of sp³-hybridized carbons (Fsp3) is 0.333. The minimum atomic E-state index is -2.56. The van der Waals surface area contributed by atoms with Gasteiger partial charge in [-0.2, -0.15) is 0 Å². The van der Waals surface area contributed by atoms with E-state index in [2.05, 4.69) is 10.3 Å². The van der Waals surface area contributed by atoms with Crippen LogP contribution in [0.15, 0.2) is 36.7 Å². The van der Waals surface area contributed by atoms with Gasteiger partial charge in [-0.1, -0.05) is 23.7 Å². The van der Waals surface area contributed by atoms with Gasteiger partial charge in [0.15, 0.2) is 6.10 Å². The molecule has 0 bridgehead atoms. The SMILES string of the molecule is NC(O)[C@H]1O[C@@](O)(n2ccnc2C(=O)Nc2ccccc2Cl)[C@H](O)[C@@H]1O. The molecule has 1 amide bonds. The third-order valence-corrected chi connectivity index (χ3v) is 4.33. The molecular formula is C15H17ClN4O6. The number of aliphatic hydroxyl groups excluding tert-OH is 3. The van der Waals surface area contributed by atoms with Crippen LogP contribution in [-0.4, -0.2) is 60.4 Å². The van der Waals surface area contributed by atoms with Gasteiger partial charge in [-0.3, -0.25) is 9.36 Å². The molecule has 0 aliphatic carbocycles. The zero-order valence-corrected chi connectivity index (χ0v) is 14.0. The summed E-state index contributed by atoms with van der Waals surface area (Å²) in [6.07, 6.45) is -4.38. The van der Waals surface area contributed by atoms with Crippen LogP contribution in [0.4, 0.5) is 5.69 Å². The molecule has 1 aliphatic heterocycles. The number of nitrogens with zero attached hydrogens (tertiary/aromatic N) is 2. The summed E-state index contributed by atoms with van der Waals surface area (Å²) in [7, 11) is 0. The lowest BCUT2D eigenvalue weighted by Crippen LogP contribution is -2.47. The summed E-state index contributed by atoms with van der Waals surface area (Å²) in [4.78, 5) is 16.4. The molecule has 1 unspecified atom stereocenters. The highest BCUT2D eigenvalue weighted by Gasteiger charge is 2.57. The van der Waals surface area contributed by atoms with E-state index in [1.807, 2.05) is 0 Å². The summed E-state index contributed by atoms with van der Waals surface area (Å²) in [5, 5.41) is 43.0. The second kappa shape index (κ2) is 6.93. The van der Waals surface area contributed by atoms with E-state index in [-0.39, 0.29) is 10.8 Å². The topological polar surface area (TPSA) is 163 Å². The van der Waals surface area contributed by atoms with Gasteiger partial charge >= 0.3 is 0 Å². The third-order valence-electron chi connectivity index (χ3n) is 4.00. The zero-order chi connectivity index (χ0) is 19.1. The first kappa shape index (κ1) is 18.7. The Morgan fingerprint density at radius 2 is 2.12 bits per heavy atom. The Labute approximate surface area is 152 Å². The number of nitrogens with two attached hydrogens (primary N) is 1. The van der Waals surface area contributed by atoms with Crippen molar-refractivity contribution in [2.24, 2.45) is 5.73 Å². The van der Waals surface area contributed by atoms with E-state index in [1.165, 1.54) is 12.4 Å². The van der Waals surface area contributed by atoms with Crippen LogP contribution >= 0.6 is 11.6 Å². The predicted octanol–water partition coefficient (Wildman–Crippen LogP) is -1.21. The summed E-state index contributed by atoms with van der Waals surface area (Å²) in [6, 6.07) is 6.48. The molecule has 0 spiro atoms. The number of rotatable bonds is 4. The summed E-state index contributed by atoms with van der Waals surface area (Å²) >= 11 is 5.99. The molecule has 1 fully saturated rings. The quantitative estimate of drug-likeness (QED) is 0.357. The van der Waals surface area contributed by atoms with E-state index in [0.29, 0.717) is 5.69 Å². The minimum absolute atomic E-state index is 0.288. The number of carbonyl (C=O) groups excluding carboxylic acids is 1. The number of imidazole rings is 1. The summed E-state index contributed by atoms with van der Waals surface area (Å²) in [6.45, 7) is 0. The molecule has 10 nitrogen and oxygen atoms in total. The first-order valence-corrected chi connectivity index (χ1v) is 7.93. The van der Waals surface area contributed by atoms with Crippen LogP contribution in [0.1, 0.15) is 10.6 Å². The molecule has 1 aromatic heterocycles. The van der Waals surface area contributed by atoms with Crippen molar-refractivity contribution in [1.82, 2.24) is 9.55 Å². The Hall–Kier alpha value is -2.05. The van der Waals surface area contributed by atoms with Crippen LogP contribution in [0.25, 0.3) is 0 Å². The second-order valence-corrected chi connectivity index (χ2v) is 6.13. The van der Waals surface area contributed by atoms with Gasteiger partial charge < -0.3 is 36.2 Å². The Bertz CT molecular complexity index is 815. The molecule has 1 aliphatic rings. The van der Waals surface area contributed by atoms with Crippen molar-refractivity contribution >= 4 is 23.2 Å². The number of para-hydroxylation sites is 1. The molecule has 7 N–H and O–H groups in total. The molecule has 11 heteroatoms. The van der Waals surface area contributed by atoms with Crippen LogP contribution in [-0.2, 0) is 10.6 Å².